The van der Waals surface area contributed by atoms with Crippen LogP contribution in [0.15, 0.2) is 30.7 Å². The molecule has 3 rings (SSSR count). The van der Waals surface area contributed by atoms with Gasteiger partial charge in [0.05, 0.1) is 11.9 Å². The van der Waals surface area contributed by atoms with Crippen molar-refractivity contribution in [1.29, 1.82) is 0 Å². The highest BCUT2D eigenvalue weighted by Crippen LogP contribution is 2.24. The first kappa shape index (κ1) is 14.1. The zero-order chi connectivity index (χ0) is 15.5. The molecule has 1 saturated heterocycles. The quantitative estimate of drug-likeness (QED) is 0.848. The second-order valence-corrected chi connectivity index (χ2v) is 4.96. The molecule has 1 aliphatic rings. The first-order valence-corrected chi connectivity index (χ1v) is 6.91. The van der Waals surface area contributed by atoms with Crippen LogP contribution >= 0.6 is 0 Å². The minimum Gasteiger partial charge on any atom is -0.465 e. The number of carbonyl (C=O) groups is 1. The summed E-state index contributed by atoms with van der Waals surface area (Å²) in [7, 11) is 0. The highest BCUT2D eigenvalue weighted by molar-refractivity contribution is 5.68. The molecule has 1 aliphatic heterocycles. The molecule has 2 aromatic heterocycles. The van der Waals surface area contributed by atoms with Crippen LogP contribution in [0, 0.1) is 0 Å². The van der Waals surface area contributed by atoms with Crippen LogP contribution < -0.4 is 10.6 Å². The Labute approximate surface area is 127 Å². The number of aromatic nitrogens is 3. The lowest BCUT2D eigenvalue weighted by Gasteiger charge is -2.34. The van der Waals surface area contributed by atoms with Gasteiger partial charge in [0.2, 0.25) is 0 Å². The first-order valence-electron chi connectivity index (χ1n) is 6.91. The lowest BCUT2D eigenvalue weighted by Crippen LogP contribution is -2.48. The summed E-state index contributed by atoms with van der Waals surface area (Å²) in [5.74, 6) is 0.945. The summed E-state index contributed by atoms with van der Waals surface area (Å²) >= 11 is 0. The normalized spacial score (nSPS) is 14.9. The maximum absolute atomic E-state index is 11.0. The second-order valence-electron chi connectivity index (χ2n) is 4.96. The van der Waals surface area contributed by atoms with Crippen LogP contribution in [0.25, 0.3) is 11.3 Å². The highest BCUT2D eigenvalue weighted by Gasteiger charge is 2.23. The fourth-order valence-corrected chi connectivity index (χ4v) is 2.39. The molecule has 0 bridgehead atoms. The topological polar surface area (TPSA) is 108 Å². The predicted octanol–water partition coefficient (Wildman–Crippen LogP) is 0.921. The standard InChI is InChI=1S/C14H16N6O2/c15-12-13(19-5-7-20(8-6-19)14(21)22)18-11(9-17-12)10-1-3-16-4-2-10/h1-4,9H,5-8H2,(H2,15,17)(H,21,22). The third-order valence-corrected chi connectivity index (χ3v) is 3.61. The van der Waals surface area contributed by atoms with E-state index in [0.717, 1.165) is 5.56 Å². The summed E-state index contributed by atoms with van der Waals surface area (Å²) in [6.07, 6.45) is 4.11. The van der Waals surface area contributed by atoms with E-state index in [1.807, 2.05) is 17.0 Å². The molecule has 3 N–H and O–H groups in total. The van der Waals surface area contributed by atoms with E-state index < -0.39 is 6.09 Å². The van der Waals surface area contributed by atoms with Crippen LogP contribution in [0.3, 0.4) is 0 Å². The molecular weight excluding hydrogens is 284 g/mol. The highest BCUT2D eigenvalue weighted by atomic mass is 16.4. The molecular formula is C14H16N6O2. The van der Waals surface area contributed by atoms with E-state index in [2.05, 4.69) is 15.0 Å². The van der Waals surface area contributed by atoms with Crippen LogP contribution in [0.4, 0.5) is 16.4 Å². The summed E-state index contributed by atoms with van der Waals surface area (Å²) in [5.41, 5.74) is 7.56. The van der Waals surface area contributed by atoms with Gasteiger partial charge >= 0.3 is 6.09 Å². The van der Waals surface area contributed by atoms with Gasteiger partial charge in [-0.05, 0) is 12.1 Å². The molecule has 114 valence electrons. The number of anilines is 2. The van der Waals surface area contributed by atoms with Crippen molar-refractivity contribution in [3.63, 3.8) is 0 Å². The molecule has 1 fully saturated rings. The number of nitrogens with two attached hydrogens (primary N) is 1. The minimum absolute atomic E-state index is 0.349. The third-order valence-electron chi connectivity index (χ3n) is 3.61. The summed E-state index contributed by atoms with van der Waals surface area (Å²) in [5, 5.41) is 8.99. The third kappa shape index (κ3) is 2.76. The van der Waals surface area contributed by atoms with Gasteiger partial charge in [0, 0.05) is 44.1 Å². The Hall–Kier alpha value is -2.90. The van der Waals surface area contributed by atoms with Crippen molar-refractivity contribution in [2.75, 3.05) is 36.8 Å². The van der Waals surface area contributed by atoms with Crippen molar-refractivity contribution in [1.82, 2.24) is 19.9 Å². The van der Waals surface area contributed by atoms with Crippen LogP contribution in [0.2, 0.25) is 0 Å². The van der Waals surface area contributed by atoms with Crippen LogP contribution in [-0.4, -0.2) is 57.2 Å². The lowest BCUT2D eigenvalue weighted by molar-refractivity contribution is 0.142. The van der Waals surface area contributed by atoms with Crippen molar-refractivity contribution in [3.8, 4) is 11.3 Å². The molecule has 0 atom stereocenters. The minimum atomic E-state index is -0.899. The Morgan fingerprint density at radius 1 is 1.18 bits per heavy atom. The van der Waals surface area contributed by atoms with E-state index in [9.17, 15) is 4.79 Å². The van der Waals surface area contributed by atoms with E-state index in [4.69, 9.17) is 10.8 Å². The zero-order valence-electron chi connectivity index (χ0n) is 11.9. The van der Waals surface area contributed by atoms with E-state index in [1.165, 1.54) is 4.90 Å². The molecule has 0 saturated carbocycles. The van der Waals surface area contributed by atoms with Crippen LogP contribution in [-0.2, 0) is 0 Å². The lowest BCUT2D eigenvalue weighted by atomic mass is 10.2. The number of nitrogens with zero attached hydrogens (tertiary/aromatic N) is 5. The zero-order valence-corrected chi connectivity index (χ0v) is 11.9. The Morgan fingerprint density at radius 3 is 2.50 bits per heavy atom. The maximum atomic E-state index is 11.0. The maximum Gasteiger partial charge on any atom is 0.407 e. The van der Waals surface area contributed by atoms with Gasteiger partial charge in [-0.2, -0.15) is 0 Å². The molecule has 0 spiro atoms. The average molecular weight is 300 g/mol. The first-order chi connectivity index (χ1) is 10.6. The van der Waals surface area contributed by atoms with Gasteiger partial charge in [-0.3, -0.25) is 4.98 Å². The molecule has 3 heterocycles. The van der Waals surface area contributed by atoms with Crippen LogP contribution in [0.5, 0.6) is 0 Å². The number of rotatable bonds is 2. The van der Waals surface area contributed by atoms with Gasteiger partial charge in [-0.1, -0.05) is 0 Å². The smallest absolute Gasteiger partial charge is 0.407 e. The monoisotopic (exact) mass is 300 g/mol. The largest absolute Gasteiger partial charge is 0.465 e. The molecule has 8 nitrogen and oxygen atoms in total. The van der Waals surface area contributed by atoms with Crippen molar-refractivity contribution < 1.29 is 9.90 Å². The van der Waals surface area contributed by atoms with Crippen molar-refractivity contribution in [2.45, 2.75) is 0 Å². The molecule has 0 unspecified atom stereocenters. The number of piperazine rings is 1. The van der Waals surface area contributed by atoms with Gasteiger partial charge in [-0.25, -0.2) is 14.8 Å². The number of amides is 1. The van der Waals surface area contributed by atoms with E-state index >= 15 is 0 Å². The van der Waals surface area contributed by atoms with Gasteiger partial charge in [0.25, 0.3) is 0 Å². The Bertz CT molecular complexity index is 670. The SMILES string of the molecule is Nc1ncc(-c2ccncc2)nc1N1CCN(C(=O)O)CC1. The Balaban J connectivity index is 1.84. The summed E-state index contributed by atoms with van der Waals surface area (Å²) in [4.78, 5) is 27.1. The molecule has 0 aliphatic carbocycles. The second kappa shape index (κ2) is 5.84. The Morgan fingerprint density at radius 2 is 1.86 bits per heavy atom. The van der Waals surface area contributed by atoms with Gasteiger partial charge < -0.3 is 20.6 Å². The predicted molar refractivity (Wildman–Crippen MR) is 81.5 cm³/mol. The number of hydrogen-bond acceptors (Lipinski definition) is 6. The molecule has 8 heteroatoms. The van der Waals surface area contributed by atoms with Crippen LogP contribution in [0.1, 0.15) is 0 Å². The Kier molecular flexibility index (Phi) is 3.73. The van der Waals surface area contributed by atoms with Gasteiger partial charge in [0.15, 0.2) is 11.6 Å². The number of hydrogen-bond donors (Lipinski definition) is 2. The van der Waals surface area contributed by atoms with E-state index in [-0.39, 0.29) is 0 Å². The number of nitrogen functional groups attached to an aromatic ring is 1. The number of pyridine rings is 1. The fraction of sp³-hybridized carbons (Fsp3) is 0.286. The van der Waals surface area contributed by atoms with E-state index in [1.54, 1.807) is 18.6 Å². The molecule has 0 radical (unpaired) electrons. The molecule has 22 heavy (non-hydrogen) atoms. The fourth-order valence-electron chi connectivity index (χ4n) is 2.39. The van der Waals surface area contributed by atoms with Crippen molar-refractivity contribution >= 4 is 17.7 Å². The van der Waals surface area contributed by atoms with Crippen molar-refractivity contribution in [3.05, 3.63) is 30.7 Å². The number of carboxylic acid groups (broad SMARTS) is 1. The molecule has 2 aromatic rings. The molecule has 0 aromatic carbocycles. The van der Waals surface area contributed by atoms with Gasteiger partial charge in [-0.15, -0.1) is 0 Å². The average Bonchev–Trinajstić information content (AvgIpc) is 2.56. The van der Waals surface area contributed by atoms with E-state index in [0.29, 0.717) is 43.5 Å². The summed E-state index contributed by atoms with van der Waals surface area (Å²) < 4.78 is 0. The molecule has 1 amide bonds. The van der Waals surface area contributed by atoms with Crippen molar-refractivity contribution in [2.24, 2.45) is 0 Å². The summed E-state index contributed by atoms with van der Waals surface area (Å²) in [6.45, 7) is 1.95. The van der Waals surface area contributed by atoms with Gasteiger partial charge in [0.1, 0.15) is 0 Å². The summed E-state index contributed by atoms with van der Waals surface area (Å²) in [6, 6.07) is 3.71.